The highest BCUT2D eigenvalue weighted by atomic mass is 127. The van der Waals surface area contributed by atoms with Crippen molar-refractivity contribution in [3.63, 3.8) is 0 Å². The van der Waals surface area contributed by atoms with Gasteiger partial charge in [-0.2, -0.15) is 0 Å². The summed E-state index contributed by atoms with van der Waals surface area (Å²) >= 11 is 2.46. The van der Waals surface area contributed by atoms with Gasteiger partial charge in [-0.25, -0.2) is 0 Å². The molecule has 0 aromatic heterocycles. The lowest BCUT2D eigenvalue weighted by Crippen LogP contribution is -1.95. The molecular formula is C19H23I. The van der Waals surface area contributed by atoms with Crippen LogP contribution in [-0.2, 0) is 10.8 Å². The number of hydrogen-bond donors (Lipinski definition) is 0. The second-order valence-corrected chi connectivity index (χ2v) is 6.40. The van der Waals surface area contributed by atoms with E-state index in [1.807, 2.05) is 0 Å². The molecule has 0 saturated heterocycles. The van der Waals surface area contributed by atoms with Gasteiger partial charge in [0.15, 0.2) is 0 Å². The molecule has 0 aliphatic carbocycles. The summed E-state index contributed by atoms with van der Waals surface area (Å²) in [4.78, 5) is 0. The minimum absolute atomic E-state index is 1.07. The van der Waals surface area contributed by atoms with Crippen LogP contribution < -0.4 is 0 Å². The topological polar surface area (TPSA) is 0 Å². The summed E-state index contributed by atoms with van der Waals surface area (Å²) in [5.74, 6) is 0. The number of rotatable bonds is 3. The Morgan fingerprint density at radius 1 is 0.750 bits per heavy atom. The molecule has 2 aromatic rings. The summed E-state index contributed by atoms with van der Waals surface area (Å²) in [6.07, 6.45) is 1.10. The van der Waals surface area contributed by atoms with Crippen molar-refractivity contribution in [3.8, 4) is 11.1 Å². The van der Waals surface area contributed by atoms with Crippen LogP contribution in [0.1, 0.15) is 40.3 Å². The monoisotopic (exact) mass is 378 g/mol. The van der Waals surface area contributed by atoms with E-state index in [1.54, 1.807) is 0 Å². The predicted molar refractivity (Wildman–Crippen MR) is 97.9 cm³/mol. The first kappa shape index (κ1) is 15.6. The van der Waals surface area contributed by atoms with Gasteiger partial charge in [0.05, 0.1) is 0 Å². The quantitative estimate of drug-likeness (QED) is 0.448. The Hall–Kier alpha value is -0.830. The summed E-state index contributed by atoms with van der Waals surface area (Å²) in [6, 6.07) is 9.38. The molecule has 0 fully saturated rings. The van der Waals surface area contributed by atoms with Crippen molar-refractivity contribution in [1.29, 1.82) is 0 Å². The van der Waals surface area contributed by atoms with Crippen LogP contribution >= 0.6 is 22.6 Å². The molecule has 0 saturated carbocycles. The SMILES string of the molecule is CCc1cc(-c2cc(C)c(C)c(CI)c2)cc(C)c1C. The molecule has 0 nitrogen and oxygen atoms in total. The molecule has 0 bridgehead atoms. The van der Waals surface area contributed by atoms with E-state index in [-0.39, 0.29) is 0 Å². The molecule has 0 amide bonds. The molecule has 0 N–H and O–H groups in total. The van der Waals surface area contributed by atoms with Crippen molar-refractivity contribution in [2.45, 2.75) is 45.5 Å². The molecule has 0 unspecified atom stereocenters. The van der Waals surface area contributed by atoms with Gasteiger partial charge in [-0.15, -0.1) is 0 Å². The molecule has 0 aliphatic heterocycles. The zero-order valence-corrected chi connectivity index (χ0v) is 15.3. The summed E-state index contributed by atoms with van der Waals surface area (Å²) in [5.41, 5.74) is 11.3. The van der Waals surface area contributed by atoms with Crippen molar-refractivity contribution < 1.29 is 0 Å². The van der Waals surface area contributed by atoms with E-state index in [9.17, 15) is 0 Å². The number of alkyl halides is 1. The van der Waals surface area contributed by atoms with Crippen LogP contribution in [0, 0.1) is 27.7 Å². The lowest BCUT2D eigenvalue weighted by Gasteiger charge is -2.14. The molecule has 0 atom stereocenters. The van der Waals surface area contributed by atoms with Crippen LogP contribution in [0.4, 0.5) is 0 Å². The van der Waals surface area contributed by atoms with Crippen LogP contribution in [-0.4, -0.2) is 0 Å². The molecule has 0 spiro atoms. The molecular weight excluding hydrogens is 355 g/mol. The molecule has 106 valence electrons. The van der Waals surface area contributed by atoms with E-state index in [2.05, 4.69) is 81.5 Å². The first-order chi connectivity index (χ1) is 9.47. The first-order valence-corrected chi connectivity index (χ1v) is 8.77. The largest absolute Gasteiger partial charge is 0.0812 e. The normalized spacial score (nSPS) is 10.9. The molecule has 20 heavy (non-hydrogen) atoms. The average molecular weight is 378 g/mol. The van der Waals surface area contributed by atoms with Crippen molar-refractivity contribution >= 4 is 22.6 Å². The summed E-state index contributed by atoms with van der Waals surface area (Å²) in [7, 11) is 0. The van der Waals surface area contributed by atoms with E-state index in [1.165, 1.54) is 44.5 Å². The standard InChI is InChI=1S/C19H23I/c1-6-16-9-17(7-12(2)14(16)4)18-8-13(3)15(5)19(10-18)11-20/h7-10H,6,11H2,1-5H3. The van der Waals surface area contributed by atoms with E-state index in [0.29, 0.717) is 0 Å². The summed E-state index contributed by atoms with van der Waals surface area (Å²) in [5, 5.41) is 0. The van der Waals surface area contributed by atoms with Crippen LogP contribution in [0.5, 0.6) is 0 Å². The second kappa shape index (κ2) is 6.30. The molecule has 0 radical (unpaired) electrons. The van der Waals surface area contributed by atoms with Crippen LogP contribution in [0.3, 0.4) is 0 Å². The van der Waals surface area contributed by atoms with Gasteiger partial charge in [0.2, 0.25) is 0 Å². The Morgan fingerprint density at radius 3 is 1.65 bits per heavy atom. The van der Waals surface area contributed by atoms with Crippen molar-refractivity contribution in [1.82, 2.24) is 0 Å². The van der Waals surface area contributed by atoms with E-state index >= 15 is 0 Å². The molecule has 0 heterocycles. The zero-order valence-electron chi connectivity index (χ0n) is 13.1. The third kappa shape index (κ3) is 2.93. The Balaban J connectivity index is 2.62. The Labute approximate surface area is 136 Å². The molecule has 2 rings (SSSR count). The van der Waals surface area contributed by atoms with Gasteiger partial charge in [-0.1, -0.05) is 53.8 Å². The second-order valence-electron chi connectivity index (χ2n) is 5.64. The fourth-order valence-electron chi connectivity index (χ4n) is 2.70. The van der Waals surface area contributed by atoms with E-state index in [0.717, 1.165) is 10.8 Å². The van der Waals surface area contributed by atoms with E-state index in [4.69, 9.17) is 0 Å². The van der Waals surface area contributed by atoms with Crippen LogP contribution in [0.25, 0.3) is 11.1 Å². The lowest BCUT2D eigenvalue weighted by molar-refractivity contribution is 1.09. The third-order valence-corrected chi connectivity index (χ3v) is 5.23. The molecule has 0 aliphatic rings. The Morgan fingerprint density at radius 2 is 1.20 bits per heavy atom. The maximum atomic E-state index is 2.46. The third-order valence-electron chi connectivity index (χ3n) is 4.41. The van der Waals surface area contributed by atoms with Gasteiger partial charge in [0.25, 0.3) is 0 Å². The van der Waals surface area contributed by atoms with Gasteiger partial charge < -0.3 is 0 Å². The lowest BCUT2D eigenvalue weighted by atomic mass is 9.92. The maximum Gasteiger partial charge on any atom is 0.0250 e. The number of hydrogen-bond acceptors (Lipinski definition) is 0. The van der Waals surface area contributed by atoms with Crippen LogP contribution in [0.15, 0.2) is 24.3 Å². The Kier molecular flexibility index (Phi) is 4.90. The summed E-state index contributed by atoms with van der Waals surface area (Å²) < 4.78 is 1.07. The number of halogens is 1. The van der Waals surface area contributed by atoms with Gasteiger partial charge in [0, 0.05) is 4.43 Å². The Bertz CT molecular complexity index is 581. The van der Waals surface area contributed by atoms with Gasteiger partial charge in [0.1, 0.15) is 0 Å². The maximum absolute atomic E-state index is 2.46. The zero-order chi connectivity index (χ0) is 14.9. The predicted octanol–water partition coefficient (Wildman–Crippen LogP) is 6.08. The fourth-order valence-corrected chi connectivity index (χ4v) is 3.50. The van der Waals surface area contributed by atoms with Crippen molar-refractivity contribution in [2.24, 2.45) is 0 Å². The smallest absolute Gasteiger partial charge is 0.0250 e. The molecule has 2 aromatic carbocycles. The van der Waals surface area contributed by atoms with Crippen LogP contribution in [0.2, 0.25) is 0 Å². The van der Waals surface area contributed by atoms with Gasteiger partial charge in [-0.05, 0) is 78.6 Å². The number of benzene rings is 2. The average Bonchev–Trinajstić information content (AvgIpc) is 2.44. The first-order valence-electron chi connectivity index (χ1n) is 7.24. The highest BCUT2D eigenvalue weighted by Crippen LogP contribution is 2.29. The fraction of sp³-hybridized carbons (Fsp3) is 0.368. The minimum Gasteiger partial charge on any atom is -0.0812 e. The van der Waals surface area contributed by atoms with Gasteiger partial charge in [-0.3, -0.25) is 0 Å². The van der Waals surface area contributed by atoms with E-state index < -0.39 is 0 Å². The minimum atomic E-state index is 1.07. The van der Waals surface area contributed by atoms with Gasteiger partial charge >= 0.3 is 0 Å². The highest BCUT2D eigenvalue weighted by Gasteiger charge is 2.08. The molecule has 1 heteroatoms. The van der Waals surface area contributed by atoms with Crippen molar-refractivity contribution in [3.05, 3.63) is 57.6 Å². The van der Waals surface area contributed by atoms with Crippen molar-refractivity contribution in [2.75, 3.05) is 0 Å². The number of aryl methyl sites for hydroxylation is 3. The summed E-state index contributed by atoms with van der Waals surface area (Å²) in [6.45, 7) is 11.1. The highest BCUT2D eigenvalue weighted by molar-refractivity contribution is 14.1.